The highest BCUT2D eigenvalue weighted by Gasteiger charge is 2.14. The number of urea groups is 1. The maximum absolute atomic E-state index is 12.4. The minimum absolute atomic E-state index is 0.378. The number of carbonyl (C=O) groups excluding carboxylic acids is 1. The van der Waals surface area contributed by atoms with Crippen molar-refractivity contribution in [2.75, 3.05) is 22.0 Å². The zero-order valence-electron chi connectivity index (χ0n) is 17.1. The van der Waals surface area contributed by atoms with Gasteiger partial charge in [-0.05, 0) is 49.2 Å². The largest absolute Gasteiger partial charge is 0.332 e. The summed E-state index contributed by atoms with van der Waals surface area (Å²) in [6.07, 6.45) is 2.13. The van der Waals surface area contributed by atoms with E-state index in [9.17, 15) is 21.6 Å². The number of hydrogen-bond acceptors (Lipinski definition) is 5. The van der Waals surface area contributed by atoms with Crippen molar-refractivity contribution < 1.29 is 21.6 Å². The summed E-state index contributed by atoms with van der Waals surface area (Å²) in [5.41, 5.74) is 2.27. The van der Waals surface area contributed by atoms with Gasteiger partial charge in [-0.25, -0.2) is 21.6 Å². The monoisotopic (exact) mass is 454 g/mol. The molecule has 2 aromatic carbocycles. The van der Waals surface area contributed by atoms with Gasteiger partial charge in [0, 0.05) is 11.4 Å². The molecule has 4 N–H and O–H groups in total. The number of hydrogen-bond donors (Lipinski definition) is 4. The van der Waals surface area contributed by atoms with Crippen molar-refractivity contribution >= 4 is 37.5 Å². The molecule has 0 heterocycles. The first-order valence-electron chi connectivity index (χ1n) is 9.05. The van der Waals surface area contributed by atoms with Crippen LogP contribution in [0.3, 0.4) is 0 Å². The maximum atomic E-state index is 12.4. The third-order valence-corrected chi connectivity index (χ3v) is 5.29. The van der Waals surface area contributed by atoms with Crippen molar-refractivity contribution in [1.82, 2.24) is 10.6 Å². The normalized spacial score (nSPS) is 13.7. The summed E-state index contributed by atoms with van der Waals surface area (Å²) < 4.78 is 50.3. The van der Waals surface area contributed by atoms with Gasteiger partial charge in [0.2, 0.25) is 20.0 Å². The molecule has 0 aliphatic heterocycles. The number of nitrogens with one attached hydrogen (secondary N) is 4. The quantitative estimate of drug-likeness (QED) is 0.486. The highest BCUT2D eigenvalue weighted by Crippen LogP contribution is 2.20. The maximum Gasteiger partial charge on any atom is 0.315 e. The second kappa shape index (κ2) is 9.35. The Kier molecular flexibility index (Phi) is 7.32. The topological polar surface area (TPSA) is 133 Å². The van der Waals surface area contributed by atoms with Crippen LogP contribution in [0, 0.1) is 0 Å². The molecule has 0 aromatic heterocycles. The van der Waals surface area contributed by atoms with E-state index < -0.39 is 26.1 Å². The van der Waals surface area contributed by atoms with E-state index in [2.05, 4.69) is 20.1 Å². The average molecular weight is 455 g/mol. The molecule has 0 unspecified atom stereocenters. The van der Waals surface area contributed by atoms with Crippen LogP contribution in [-0.2, 0) is 20.0 Å². The Hall–Kier alpha value is -2.79. The average Bonchev–Trinajstić information content (AvgIpc) is 2.59. The molecule has 2 rings (SSSR count). The zero-order chi connectivity index (χ0) is 22.5. The van der Waals surface area contributed by atoms with Crippen molar-refractivity contribution in [3.05, 3.63) is 59.7 Å². The second-order valence-electron chi connectivity index (χ2n) is 7.06. The first-order chi connectivity index (χ1) is 13.8. The Bertz CT molecular complexity index is 1030. The van der Waals surface area contributed by atoms with Crippen LogP contribution in [0.1, 0.15) is 37.1 Å². The lowest BCUT2D eigenvalue weighted by Crippen LogP contribution is -2.38. The Morgan fingerprint density at radius 2 is 1.10 bits per heavy atom. The van der Waals surface area contributed by atoms with Gasteiger partial charge in [-0.3, -0.25) is 9.44 Å². The summed E-state index contributed by atoms with van der Waals surface area (Å²) in [7, 11) is -6.79. The molecule has 0 saturated carbocycles. The smallest absolute Gasteiger partial charge is 0.315 e. The minimum atomic E-state index is -3.40. The molecule has 0 radical (unpaired) electrons. The lowest BCUT2D eigenvalue weighted by Gasteiger charge is -2.20. The Labute approximate surface area is 177 Å². The lowest BCUT2D eigenvalue weighted by atomic mass is 10.1. The Morgan fingerprint density at radius 1 is 0.733 bits per heavy atom. The van der Waals surface area contributed by atoms with Crippen LogP contribution in [0.2, 0.25) is 0 Å². The number of benzene rings is 2. The van der Waals surface area contributed by atoms with E-state index in [-0.39, 0.29) is 12.1 Å². The number of amides is 2. The molecule has 11 heteroatoms. The van der Waals surface area contributed by atoms with Crippen LogP contribution in [0.4, 0.5) is 16.2 Å². The van der Waals surface area contributed by atoms with E-state index in [0.29, 0.717) is 11.4 Å². The summed E-state index contributed by atoms with van der Waals surface area (Å²) in [5.74, 6) is 0. The first-order valence-corrected chi connectivity index (χ1v) is 12.8. The molecule has 2 amide bonds. The molecule has 9 nitrogen and oxygen atoms in total. The number of sulfonamides is 2. The highest BCUT2D eigenvalue weighted by molar-refractivity contribution is 7.92. The molecular formula is C19H26N4O5S2. The number of anilines is 2. The van der Waals surface area contributed by atoms with Gasteiger partial charge >= 0.3 is 6.03 Å². The van der Waals surface area contributed by atoms with Gasteiger partial charge < -0.3 is 10.6 Å². The number of rotatable bonds is 8. The molecule has 0 aliphatic carbocycles. The summed E-state index contributed by atoms with van der Waals surface area (Å²) in [4.78, 5) is 12.4. The predicted molar refractivity (Wildman–Crippen MR) is 118 cm³/mol. The Morgan fingerprint density at radius 3 is 1.43 bits per heavy atom. The molecule has 2 aromatic rings. The van der Waals surface area contributed by atoms with Gasteiger partial charge in [0.15, 0.2) is 0 Å². The SMILES string of the molecule is C[C@H](NC(=O)N[C@@H](C)c1cccc(NS(C)(=O)=O)c1)c1cccc(NS(C)(=O)=O)c1. The molecule has 164 valence electrons. The van der Waals surface area contributed by atoms with Gasteiger partial charge in [0.25, 0.3) is 0 Å². The highest BCUT2D eigenvalue weighted by atomic mass is 32.2. The van der Waals surface area contributed by atoms with Crippen LogP contribution in [-0.4, -0.2) is 35.4 Å². The van der Waals surface area contributed by atoms with Crippen molar-refractivity contribution in [2.45, 2.75) is 25.9 Å². The molecule has 30 heavy (non-hydrogen) atoms. The van der Waals surface area contributed by atoms with Gasteiger partial charge in [0.05, 0.1) is 24.6 Å². The first kappa shape index (κ1) is 23.5. The van der Waals surface area contributed by atoms with Crippen LogP contribution in [0.25, 0.3) is 0 Å². The lowest BCUT2D eigenvalue weighted by molar-refractivity contribution is 0.235. The van der Waals surface area contributed by atoms with E-state index in [4.69, 9.17) is 0 Å². The fourth-order valence-corrected chi connectivity index (χ4v) is 3.88. The minimum Gasteiger partial charge on any atom is -0.332 e. The van der Waals surface area contributed by atoms with Gasteiger partial charge in [0.1, 0.15) is 0 Å². The van der Waals surface area contributed by atoms with Crippen LogP contribution < -0.4 is 20.1 Å². The van der Waals surface area contributed by atoms with E-state index in [0.717, 1.165) is 23.6 Å². The van der Waals surface area contributed by atoms with Gasteiger partial charge in [-0.15, -0.1) is 0 Å². The zero-order valence-corrected chi connectivity index (χ0v) is 18.8. The summed E-state index contributed by atoms with van der Waals surface area (Å²) in [5, 5.41) is 5.60. The predicted octanol–water partition coefficient (Wildman–Crippen LogP) is 2.55. The van der Waals surface area contributed by atoms with Crippen LogP contribution >= 0.6 is 0 Å². The fourth-order valence-electron chi connectivity index (χ4n) is 2.77. The van der Waals surface area contributed by atoms with Crippen molar-refractivity contribution in [3.63, 3.8) is 0 Å². The molecule has 2 atom stereocenters. The van der Waals surface area contributed by atoms with E-state index in [1.807, 2.05) is 0 Å². The van der Waals surface area contributed by atoms with E-state index >= 15 is 0 Å². The molecular weight excluding hydrogens is 428 g/mol. The van der Waals surface area contributed by atoms with Crippen molar-refractivity contribution in [3.8, 4) is 0 Å². The number of carbonyl (C=O) groups is 1. The van der Waals surface area contributed by atoms with Crippen molar-refractivity contribution in [2.24, 2.45) is 0 Å². The van der Waals surface area contributed by atoms with Gasteiger partial charge in [-0.2, -0.15) is 0 Å². The van der Waals surface area contributed by atoms with Gasteiger partial charge in [-0.1, -0.05) is 24.3 Å². The van der Waals surface area contributed by atoms with E-state index in [1.165, 1.54) is 0 Å². The molecule has 0 bridgehead atoms. The second-order valence-corrected chi connectivity index (χ2v) is 10.6. The summed E-state index contributed by atoms with van der Waals surface area (Å²) in [6.45, 7) is 3.56. The standard InChI is InChI=1S/C19H26N4O5S2/c1-13(15-7-5-9-17(11-15)22-29(3,25)26)20-19(24)21-14(2)16-8-6-10-18(12-16)23-30(4,27)28/h5-14,22-23H,1-4H3,(H2,20,21,24)/t13-,14-/m0/s1. The molecule has 0 saturated heterocycles. The molecule has 0 spiro atoms. The van der Waals surface area contributed by atoms with Crippen LogP contribution in [0.5, 0.6) is 0 Å². The fraction of sp³-hybridized carbons (Fsp3) is 0.316. The molecule has 0 aliphatic rings. The third kappa shape index (κ3) is 7.91. The van der Waals surface area contributed by atoms with Crippen LogP contribution in [0.15, 0.2) is 48.5 Å². The Balaban J connectivity index is 2.01. The van der Waals surface area contributed by atoms with Crippen molar-refractivity contribution in [1.29, 1.82) is 0 Å². The molecule has 0 fully saturated rings. The third-order valence-electron chi connectivity index (χ3n) is 4.07. The van der Waals surface area contributed by atoms with E-state index in [1.54, 1.807) is 62.4 Å². The summed E-state index contributed by atoms with van der Waals surface area (Å²) >= 11 is 0. The summed E-state index contributed by atoms with van der Waals surface area (Å²) in [6, 6.07) is 12.3.